The van der Waals surface area contributed by atoms with E-state index in [9.17, 15) is 0 Å². The first-order valence-corrected chi connectivity index (χ1v) is 12.2. The molecule has 4 atom stereocenters. The van der Waals surface area contributed by atoms with Crippen molar-refractivity contribution in [3.05, 3.63) is 0 Å². The van der Waals surface area contributed by atoms with E-state index in [0.29, 0.717) is 52.9 Å². The van der Waals surface area contributed by atoms with Crippen LogP contribution in [-0.2, 0) is 37.9 Å². The number of hydrogen-bond donors (Lipinski definition) is 1. The normalized spacial score (nSPS) is 35.2. The molecule has 0 aromatic carbocycles. The highest BCUT2D eigenvalue weighted by atomic mass is 16.8. The van der Waals surface area contributed by atoms with E-state index in [1.54, 1.807) is 0 Å². The lowest BCUT2D eigenvalue weighted by atomic mass is 10.0. The van der Waals surface area contributed by atoms with Gasteiger partial charge < -0.3 is 43.0 Å². The predicted molar refractivity (Wildman–Crippen MR) is 119 cm³/mol. The summed E-state index contributed by atoms with van der Waals surface area (Å²) in [5.74, 6) is -1.36. The van der Waals surface area contributed by atoms with Crippen molar-refractivity contribution >= 4 is 0 Å². The Labute approximate surface area is 197 Å². The summed E-state index contributed by atoms with van der Waals surface area (Å²) in [4.78, 5) is 2.24. The molecule has 0 amide bonds. The third-order valence-electron chi connectivity index (χ3n) is 5.93. The van der Waals surface area contributed by atoms with Crippen LogP contribution in [0.2, 0.25) is 0 Å². The summed E-state index contributed by atoms with van der Waals surface area (Å²) < 4.78 is 48.2. The van der Waals surface area contributed by atoms with Gasteiger partial charge in [-0.3, -0.25) is 4.90 Å². The van der Waals surface area contributed by atoms with Gasteiger partial charge in [0.05, 0.1) is 52.9 Å². The van der Waals surface area contributed by atoms with E-state index in [4.69, 9.17) is 43.0 Å². The molecule has 3 rings (SSSR count). The Balaban J connectivity index is 1.66. The number of rotatable bonds is 5. The maximum Gasteiger partial charge on any atom is 0.163 e. The standard InChI is InChI=1S/C23H43NO9/c1-22(2)30-16-18(32-22)20-21(19-17-31-23(3,4)33-19)29-15-13-27-11-8-24(6-5-9-25)7-10-26-12-14-28-20/h18-21,25H,5-17H2,1-4H3/t18-,19-,20-,21-/m1/s1. The maximum absolute atomic E-state index is 9.14. The van der Waals surface area contributed by atoms with Gasteiger partial charge in [0, 0.05) is 26.2 Å². The molecule has 3 saturated heterocycles. The van der Waals surface area contributed by atoms with E-state index in [2.05, 4.69) is 4.90 Å². The molecular formula is C23H43NO9. The fraction of sp³-hybridized carbons (Fsp3) is 1.00. The van der Waals surface area contributed by atoms with E-state index >= 15 is 0 Å². The highest BCUT2D eigenvalue weighted by Crippen LogP contribution is 2.32. The Kier molecular flexibility index (Phi) is 10.8. The fourth-order valence-corrected chi connectivity index (χ4v) is 4.29. The van der Waals surface area contributed by atoms with Crippen molar-refractivity contribution in [2.24, 2.45) is 0 Å². The Morgan fingerprint density at radius 2 is 1.21 bits per heavy atom. The summed E-state index contributed by atoms with van der Waals surface area (Å²) in [7, 11) is 0. The molecule has 0 unspecified atom stereocenters. The molecule has 3 aliphatic heterocycles. The number of nitrogens with zero attached hydrogens (tertiary/aromatic N) is 1. The summed E-state index contributed by atoms with van der Waals surface area (Å²) >= 11 is 0. The van der Waals surface area contributed by atoms with E-state index in [1.807, 2.05) is 27.7 Å². The lowest BCUT2D eigenvalue weighted by molar-refractivity contribution is -0.207. The summed E-state index contributed by atoms with van der Waals surface area (Å²) in [6.07, 6.45) is -0.700. The van der Waals surface area contributed by atoms with E-state index in [-0.39, 0.29) is 18.8 Å². The van der Waals surface area contributed by atoms with Gasteiger partial charge in [0.2, 0.25) is 0 Å². The van der Waals surface area contributed by atoms with Gasteiger partial charge in [0.25, 0.3) is 0 Å². The van der Waals surface area contributed by atoms with Gasteiger partial charge in [-0.2, -0.15) is 0 Å². The quantitative estimate of drug-likeness (QED) is 0.612. The highest BCUT2D eigenvalue weighted by molar-refractivity contribution is 4.91. The zero-order chi connectivity index (χ0) is 23.7. The molecule has 3 heterocycles. The van der Waals surface area contributed by atoms with Crippen LogP contribution in [0.1, 0.15) is 34.1 Å². The van der Waals surface area contributed by atoms with Crippen LogP contribution in [0.25, 0.3) is 0 Å². The first-order valence-electron chi connectivity index (χ1n) is 12.2. The topological polar surface area (TPSA) is 97.3 Å². The van der Waals surface area contributed by atoms with Crippen molar-refractivity contribution < 1.29 is 43.0 Å². The summed E-state index contributed by atoms with van der Waals surface area (Å²) in [5, 5.41) is 9.14. The van der Waals surface area contributed by atoms with Crippen LogP contribution in [-0.4, -0.2) is 125 Å². The number of aliphatic hydroxyl groups excluding tert-OH is 1. The third kappa shape index (κ3) is 8.96. The summed E-state index contributed by atoms with van der Waals surface area (Å²) in [5.41, 5.74) is 0. The molecule has 0 radical (unpaired) electrons. The minimum atomic E-state index is -0.681. The first kappa shape index (κ1) is 27.2. The van der Waals surface area contributed by atoms with E-state index in [1.165, 1.54) is 0 Å². The monoisotopic (exact) mass is 477 g/mol. The molecular weight excluding hydrogens is 434 g/mol. The van der Waals surface area contributed by atoms with Crippen LogP contribution in [0.5, 0.6) is 0 Å². The Bertz CT molecular complexity index is 518. The lowest BCUT2D eigenvalue weighted by Gasteiger charge is -2.34. The van der Waals surface area contributed by atoms with Crippen molar-refractivity contribution in [2.75, 3.05) is 79.1 Å². The molecule has 0 bridgehead atoms. The van der Waals surface area contributed by atoms with E-state index in [0.717, 1.165) is 26.1 Å². The van der Waals surface area contributed by atoms with Gasteiger partial charge in [-0.1, -0.05) is 0 Å². The van der Waals surface area contributed by atoms with Gasteiger partial charge in [0.15, 0.2) is 11.6 Å². The molecule has 0 aromatic rings. The largest absolute Gasteiger partial charge is 0.396 e. The Morgan fingerprint density at radius 1 is 0.727 bits per heavy atom. The maximum atomic E-state index is 9.14. The minimum absolute atomic E-state index is 0.177. The second-order valence-electron chi connectivity index (χ2n) is 9.55. The SMILES string of the molecule is CC1(C)OC[C@H]([C@H]2OCCOCCN(CCCO)CCOCCO[C@@H]2[C@H]2COC(C)(C)O2)O1. The average Bonchev–Trinajstić information content (AvgIpc) is 3.30. The van der Waals surface area contributed by atoms with Crippen molar-refractivity contribution in [2.45, 2.75) is 70.1 Å². The van der Waals surface area contributed by atoms with E-state index < -0.39 is 23.8 Å². The van der Waals surface area contributed by atoms with Crippen molar-refractivity contribution in [1.29, 1.82) is 0 Å². The van der Waals surface area contributed by atoms with Gasteiger partial charge in [-0.15, -0.1) is 0 Å². The van der Waals surface area contributed by atoms with Crippen LogP contribution in [0.4, 0.5) is 0 Å². The fourth-order valence-electron chi connectivity index (χ4n) is 4.29. The van der Waals surface area contributed by atoms with Crippen LogP contribution in [0, 0.1) is 0 Å². The number of aliphatic hydroxyl groups is 1. The van der Waals surface area contributed by atoms with Gasteiger partial charge in [-0.25, -0.2) is 0 Å². The number of hydrogen-bond acceptors (Lipinski definition) is 10. The van der Waals surface area contributed by atoms with Crippen molar-refractivity contribution in [1.82, 2.24) is 4.90 Å². The zero-order valence-corrected chi connectivity index (χ0v) is 20.7. The first-order chi connectivity index (χ1) is 15.8. The average molecular weight is 478 g/mol. The molecule has 0 spiro atoms. The molecule has 3 aliphatic rings. The molecule has 1 N–H and O–H groups in total. The second-order valence-corrected chi connectivity index (χ2v) is 9.55. The molecule has 0 saturated carbocycles. The third-order valence-corrected chi connectivity index (χ3v) is 5.93. The molecule has 10 heteroatoms. The van der Waals surface area contributed by atoms with Crippen molar-refractivity contribution in [3.8, 4) is 0 Å². The second kappa shape index (κ2) is 13.1. The number of ether oxygens (including phenoxy) is 8. The van der Waals surface area contributed by atoms with Crippen LogP contribution in [0.15, 0.2) is 0 Å². The summed E-state index contributed by atoms with van der Waals surface area (Å²) in [6, 6.07) is 0. The van der Waals surface area contributed by atoms with Crippen LogP contribution >= 0.6 is 0 Å². The van der Waals surface area contributed by atoms with Crippen LogP contribution < -0.4 is 0 Å². The Hall–Kier alpha value is -0.400. The predicted octanol–water partition coefficient (Wildman–Crippen LogP) is 0.791. The lowest BCUT2D eigenvalue weighted by Crippen LogP contribution is -2.51. The molecule has 0 aromatic heterocycles. The molecule has 194 valence electrons. The molecule has 10 nitrogen and oxygen atoms in total. The van der Waals surface area contributed by atoms with Gasteiger partial charge in [-0.05, 0) is 34.1 Å². The van der Waals surface area contributed by atoms with Gasteiger partial charge >= 0.3 is 0 Å². The highest BCUT2D eigenvalue weighted by Gasteiger charge is 2.48. The van der Waals surface area contributed by atoms with Crippen LogP contribution in [0.3, 0.4) is 0 Å². The molecule has 0 aliphatic carbocycles. The Morgan fingerprint density at radius 3 is 1.61 bits per heavy atom. The molecule has 3 fully saturated rings. The summed E-state index contributed by atoms with van der Waals surface area (Å²) in [6.45, 7) is 13.8. The van der Waals surface area contributed by atoms with Crippen molar-refractivity contribution in [3.63, 3.8) is 0 Å². The smallest absolute Gasteiger partial charge is 0.163 e. The minimum Gasteiger partial charge on any atom is -0.396 e. The van der Waals surface area contributed by atoms with Gasteiger partial charge in [0.1, 0.15) is 24.4 Å². The molecule has 33 heavy (non-hydrogen) atoms. The zero-order valence-electron chi connectivity index (χ0n) is 20.7.